The molecule has 1 heterocycles. The van der Waals surface area contributed by atoms with Crippen molar-refractivity contribution in [2.75, 3.05) is 26.5 Å². The van der Waals surface area contributed by atoms with Crippen LogP contribution in [0.5, 0.6) is 11.5 Å². The maximum Gasteiger partial charge on any atom is 0.306 e. The molecule has 0 bridgehead atoms. The largest absolute Gasteiger partial charge is 0.492 e. The minimum absolute atomic E-state index is 0.0293. The summed E-state index contributed by atoms with van der Waals surface area (Å²) in [5, 5.41) is 0. The molecule has 1 aliphatic carbocycles. The highest BCUT2D eigenvalue weighted by Crippen LogP contribution is 2.45. The Kier molecular flexibility index (Phi) is 7.96. The van der Waals surface area contributed by atoms with Crippen molar-refractivity contribution in [1.29, 1.82) is 0 Å². The second-order valence-electron chi connectivity index (χ2n) is 10.1. The average molecular weight is 536 g/mol. The van der Waals surface area contributed by atoms with E-state index in [1.54, 1.807) is 18.0 Å². The minimum Gasteiger partial charge on any atom is -0.492 e. The van der Waals surface area contributed by atoms with E-state index in [1.807, 2.05) is 30.5 Å². The van der Waals surface area contributed by atoms with Gasteiger partial charge in [0, 0.05) is 29.7 Å². The molecule has 0 saturated heterocycles. The van der Waals surface area contributed by atoms with Gasteiger partial charge in [0.2, 0.25) is 0 Å². The Morgan fingerprint density at radius 2 is 1.95 bits per heavy atom. The number of ether oxygens (including phenoxy) is 3. The van der Waals surface area contributed by atoms with Crippen molar-refractivity contribution in [2.45, 2.75) is 51.6 Å². The van der Waals surface area contributed by atoms with Crippen LogP contribution in [-0.4, -0.2) is 32.5 Å². The number of methoxy groups -OCH3 is 1. The normalized spacial score (nSPS) is 17.6. The van der Waals surface area contributed by atoms with Crippen molar-refractivity contribution >= 4 is 17.9 Å². The number of aryl methyl sites for hydroxylation is 2. The highest BCUT2D eigenvalue weighted by molar-refractivity contribution is 7.96. The number of fused-ring (bicyclic) bond motifs is 2. The van der Waals surface area contributed by atoms with E-state index in [-0.39, 0.29) is 30.2 Å². The Labute approximate surface area is 228 Å². The standard InChI is InChI=1S/C31H34FNO4S/c1-18-13-20(11-12-33-38-4)14-19(2)30(18)24-7-9-26(32)31-25(24)8-10-27(31)37-22-5-6-23-21(15-29(34)35-3)17-36-28(23)16-22/h5-7,9,13-14,16,21,27,33H,8,10-12,15,17H2,1-4H3/t21-,27-/m1/s1. The van der Waals surface area contributed by atoms with E-state index in [4.69, 9.17) is 14.2 Å². The van der Waals surface area contributed by atoms with Gasteiger partial charge >= 0.3 is 5.97 Å². The fourth-order valence-corrected chi connectivity index (χ4v) is 6.20. The van der Waals surface area contributed by atoms with Crippen LogP contribution in [0.3, 0.4) is 0 Å². The van der Waals surface area contributed by atoms with Crippen LogP contribution in [0.25, 0.3) is 11.1 Å². The van der Waals surface area contributed by atoms with Gasteiger partial charge in [0.1, 0.15) is 23.4 Å². The summed E-state index contributed by atoms with van der Waals surface area (Å²) in [5.41, 5.74) is 8.66. The lowest BCUT2D eigenvalue weighted by atomic mass is 9.88. The van der Waals surface area contributed by atoms with Crippen molar-refractivity contribution in [3.05, 3.63) is 81.7 Å². The molecule has 200 valence electrons. The number of hydrogen-bond donors (Lipinski definition) is 1. The molecule has 2 aliphatic rings. The van der Waals surface area contributed by atoms with Gasteiger partial charge in [-0.3, -0.25) is 9.52 Å². The lowest BCUT2D eigenvalue weighted by Crippen LogP contribution is -2.09. The van der Waals surface area contributed by atoms with Crippen molar-refractivity contribution in [1.82, 2.24) is 4.72 Å². The summed E-state index contributed by atoms with van der Waals surface area (Å²) in [4.78, 5) is 11.7. The third-order valence-corrected chi connectivity index (χ3v) is 8.08. The second-order valence-corrected chi connectivity index (χ2v) is 10.8. The number of hydrogen-bond acceptors (Lipinski definition) is 6. The van der Waals surface area contributed by atoms with Crippen LogP contribution in [0.4, 0.5) is 4.39 Å². The van der Waals surface area contributed by atoms with Crippen LogP contribution in [-0.2, 0) is 22.4 Å². The summed E-state index contributed by atoms with van der Waals surface area (Å²) in [6.45, 7) is 5.64. The average Bonchev–Trinajstić information content (AvgIpc) is 3.50. The molecular weight excluding hydrogens is 501 g/mol. The van der Waals surface area contributed by atoms with Gasteiger partial charge in [-0.2, -0.15) is 0 Å². The molecule has 0 unspecified atom stereocenters. The number of rotatable bonds is 9. The first kappa shape index (κ1) is 26.6. The maximum atomic E-state index is 15.2. The molecular formula is C31H34FNO4S. The van der Waals surface area contributed by atoms with Crippen molar-refractivity contribution in [3.8, 4) is 22.6 Å². The maximum absolute atomic E-state index is 15.2. The third kappa shape index (κ3) is 5.27. The predicted molar refractivity (Wildman–Crippen MR) is 150 cm³/mol. The zero-order chi connectivity index (χ0) is 26.8. The Balaban J connectivity index is 1.39. The first-order valence-corrected chi connectivity index (χ1v) is 14.3. The van der Waals surface area contributed by atoms with E-state index in [9.17, 15) is 4.79 Å². The molecule has 1 aliphatic heterocycles. The van der Waals surface area contributed by atoms with Gasteiger partial charge < -0.3 is 14.2 Å². The number of nitrogens with one attached hydrogen (secondary N) is 1. The molecule has 5 rings (SSSR count). The lowest BCUT2D eigenvalue weighted by Gasteiger charge is -2.19. The molecule has 38 heavy (non-hydrogen) atoms. The smallest absolute Gasteiger partial charge is 0.306 e. The minimum atomic E-state index is -0.368. The van der Waals surface area contributed by atoms with E-state index in [0.717, 1.165) is 36.1 Å². The van der Waals surface area contributed by atoms with E-state index in [2.05, 4.69) is 30.7 Å². The van der Waals surface area contributed by atoms with Crippen LogP contribution in [0.2, 0.25) is 0 Å². The van der Waals surface area contributed by atoms with Crippen molar-refractivity contribution in [2.24, 2.45) is 0 Å². The fourth-order valence-electron chi connectivity index (χ4n) is 5.89. The highest BCUT2D eigenvalue weighted by Gasteiger charge is 2.32. The topological polar surface area (TPSA) is 56.8 Å². The summed E-state index contributed by atoms with van der Waals surface area (Å²) < 4.78 is 35.5. The molecule has 0 saturated carbocycles. The SMILES string of the molecule is COC(=O)C[C@@H]1COc2cc(O[C@@H]3CCc4c(-c5c(C)cc(CCNSC)cc5C)ccc(F)c43)ccc21. The molecule has 3 aromatic carbocycles. The number of benzene rings is 3. The molecule has 5 nitrogen and oxygen atoms in total. The van der Waals surface area contributed by atoms with Gasteiger partial charge in [-0.15, -0.1) is 0 Å². The summed E-state index contributed by atoms with van der Waals surface area (Å²) in [5.74, 6) is 0.840. The molecule has 0 radical (unpaired) electrons. The number of esters is 1. The molecule has 0 fully saturated rings. The summed E-state index contributed by atoms with van der Waals surface area (Å²) in [6.07, 6.45) is 4.38. The number of carbonyl (C=O) groups is 1. The molecule has 0 spiro atoms. The molecule has 1 N–H and O–H groups in total. The monoisotopic (exact) mass is 535 g/mol. The fraction of sp³-hybridized carbons (Fsp3) is 0.387. The van der Waals surface area contributed by atoms with Crippen LogP contribution in [0.15, 0.2) is 42.5 Å². The van der Waals surface area contributed by atoms with Crippen molar-refractivity contribution in [3.63, 3.8) is 0 Å². The summed E-state index contributed by atoms with van der Waals surface area (Å²) >= 11 is 1.63. The lowest BCUT2D eigenvalue weighted by molar-refractivity contribution is -0.141. The number of carbonyl (C=O) groups excluding carboxylic acids is 1. The predicted octanol–water partition coefficient (Wildman–Crippen LogP) is 6.63. The quantitative estimate of drug-likeness (QED) is 0.189. The molecule has 3 aromatic rings. The van der Waals surface area contributed by atoms with Gasteiger partial charge in [-0.05, 0) is 84.9 Å². The Morgan fingerprint density at radius 1 is 1.16 bits per heavy atom. The summed E-state index contributed by atoms with van der Waals surface area (Å²) in [6, 6.07) is 13.7. The third-order valence-electron chi connectivity index (χ3n) is 7.59. The Morgan fingerprint density at radius 3 is 2.68 bits per heavy atom. The molecule has 7 heteroatoms. The van der Waals surface area contributed by atoms with E-state index >= 15 is 4.39 Å². The Hall–Kier alpha value is -3.03. The van der Waals surface area contributed by atoms with Crippen LogP contribution < -0.4 is 14.2 Å². The van der Waals surface area contributed by atoms with E-state index in [1.165, 1.54) is 29.4 Å². The molecule has 2 atom stereocenters. The van der Waals surface area contributed by atoms with E-state index < -0.39 is 0 Å². The highest BCUT2D eigenvalue weighted by atomic mass is 32.2. The van der Waals surface area contributed by atoms with Gasteiger partial charge in [-0.1, -0.05) is 36.2 Å². The zero-order valence-corrected chi connectivity index (χ0v) is 23.2. The van der Waals surface area contributed by atoms with Crippen LogP contribution >= 0.6 is 11.9 Å². The van der Waals surface area contributed by atoms with Gasteiger partial charge in [0.25, 0.3) is 0 Å². The van der Waals surface area contributed by atoms with Gasteiger partial charge in [-0.25, -0.2) is 4.39 Å². The molecule has 0 amide bonds. The first-order chi connectivity index (χ1) is 18.4. The van der Waals surface area contributed by atoms with Crippen LogP contribution in [0, 0.1) is 19.7 Å². The van der Waals surface area contributed by atoms with Gasteiger partial charge in [0.15, 0.2) is 0 Å². The van der Waals surface area contributed by atoms with E-state index in [0.29, 0.717) is 30.1 Å². The van der Waals surface area contributed by atoms with Crippen molar-refractivity contribution < 1.29 is 23.4 Å². The van der Waals surface area contributed by atoms with Crippen LogP contribution in [0.1, 0.15) is 58.2 Å². The second kappa shape index (κ2) is 11.4. The first-order valence-electron chi connectivity index (χ1n) is 13.1. The Bertz CT molecular complexity index is 1330. The molecule has 0 aromatic heterocycles. The number of halogens is 1. The zero-order valence-electron chi connectivity index (χ0n) is 22.4. The van der Waals surface area contributed by atoms with Gasteiger partial charge in [0.05, 0.1) is 20.1 Å². The summed E-state index contributed by atoms with van der Waals surface area (Å²) in [7, 11) is 1.39.